The minimum absolute atomic E-state index is 0.114. The summed E-state index contributed by atoms with van der Waals surface area (Å²) >= 11 is 0. The van der Waals surface area contributed by atoms with Crippen LogP contribution in [-0.4, -0.2) is 16.4 Å². The van der Waals surface area contributed by atoms with Gasteiger partial charge in [0, 0.05) is 24.0 Å². The summed E-state index contributed by atoms with van der Waals surface area (Å²) in [6.45, 7) is 0. The molecule has 4 fully saturated rings. The first-order valence-electron chi connectivity index (χ1n) is 10.4. The van der Waals surface area contributed by atoms with Gasteiger partial charge >= 0.3 is 0 Å². The number of carbonyl (C=O) groups excluding carboxylic acids is 1. The SMILES string of the molecule is O=C(/C=C/c1ccncc1)Nc1ccccc1NC12CC3CC(CC(C3)C1)C2. The van der Waals surface area contributed by atoms with Gasteiger partial charge in [-0.3, -0.25) is 9.78 Å². The van der Waals surface area contributed by atoms with E-state index in [1.54, 1.807) is 18.5 Å². The summed E-state index contributed by atoms with van der Waals surface area (Å²) in [4.78, 5) is 16.5. The lowest BCUT2D eigenvalue weighted by Gasteiger charge is -2.57. The number of aromatic nitrogens is 1. The summed E-state index contributed by atoms with van der Waals surface area (Å²) < 4.78 is 0. The first kappa shape index (κ1) is 17.5. The van der Waals surface area contributed by atoms with Crippen molar-refractivity contribution in [2.24, 2.45) is 17.8 Å². The van der Waals surface area contributed by atoms with E-state index in [1.807, 2.05) is 36.4 Å². The maximum absolute atomic E-state index is 12.5. The fraction of sp³-hybridized carbons (Fsp3) is 0.417. The van der Waals surface area contributed by atoms with Gasteiger partial charge in [0.25, 0.3) is 0 Å². The average molecular weight is 374 g/mol. The van der Waals surface area contributed by atoms with Crippen molar-refractivity contribution in [1.82, 2.24) is 4.98 Å². The van der Waals surface area contributed by atoms with Gasteiger partial charge in [-0.1, -0.05) is 12.1 Å². The van der Waals surface area contributed by atoms with E-state index in [0.29, 0.717) is 0 Å². The highest BCUT2D eigenvalue weighted by Gasteiger charge is 2.51. The number of nitrogens with zero attached hydrogens (tertiary/aromatic N) is 1. The monoisotopic (exact) mass is 373 g/mol. The molecule has 0 spiro atoms. The Morgan fingerprint density at radius 2 is 1.54 bits per heavy atom. The molecule has 0 radical (unpaired) electrons. The quantitative estimate of drug-likeness (QED) is 0.716. The Kier molecular flexibility index (Phi) is 4.42. The molecule has 4 heteroatoms. The van der Waals surface area contributed by atoms with Gasteiger partial charge in [0.15, 0.2) is 0 Å². The van der Waals surface area contributed by atoms with Crippen LogP contribution in [0.15, 0.2) is 54.9 Å². The van der Waals surface area contributed by atoms with Gasteiger partial charge in [-0.05, 0) is 92.2 Å². The Hall–Kier alpha value is -2.62. The standard InChI is InChI=1S/C24H27N3O/c28-23(6-5-17-7-9-25-10-8-17)26-21-3-1-2-4-22(21)27-24-14-18-11-19(15-24)13-20(12-18)16-24/h1-10,18-20,27H,11-16H2,(H,26,28)/b6-5+. The molecular formula is C24H27N3O. The van der Waals surface area contributed by atoms with Gasteiger partial charge in [0.1, 0.15) is 0 Å². The molecule has 0 saturated heterocycles. The largest absolute Gasteiger partial charge is 0.378 e. The third-order valence-corrected chi connectivity index (χ3v) is 6.76. The number of carbonyl (C=O) groups is 1. The number of benzene rings is 1. The first-order valence-corrected chi connectivity index (χ1v) is 10.4. The number of pyridine rings is 1. The number of hydrogen-bond donors (Lipinski definition) is 2. The molecule has 1 aromatic heterocycles. The molecule has 1 aromatic carbocycles. The van der Waals surface area contributed by atoms with Gasteiger partial charge in [-0.2, -0.15) is 0 Å². The van der Waals surface area contributed by atoms with Crippen molar-refractivity contribution in [2.45, 2.75) is 44.1 Å². The van der Waals surface area contributed by atoms with Crippen LogP contribution in [0, 0.1) is 17.8 Å². The smallest absolute Gasteiger partial charge is 0.248 e. The molecule has 0 aliphatic heterocycles. The van der Waals surface area contributed by atoms with E-state index in [-0.39, 0.29) is 11.4 Å². The van der Waals surface area contributed by atoms with Gasteiger partial charge in [-0.25, -0.2) is 0 Å². The molecule has 4 aliphatic carbocycles. The van der Waals surface area contributed by atoms with E-state index in [0.717, 1.165) is 34.7 Å². The van der Waals surface area contributed by atoms with Crippen LogP contribution in [-0.2, 0) is 4.79 Å². The third kappa shape index (κ3) is 3.56. The highest BCUT2D eigenvalue weighted by atomic mass is 16.1. The Bertz CT molecular complexity index is 854. The van der Waals surface area contributed by atoms with Crippen LogP contribution in [0.5, 0.6) is 0 Å². The van der Waals surface area contributed by atoms with Crippen LogP contribution in [0.4, 0.5) is 11.4 Å². The van der Waals surface area contributed by atoms with Crippen molar-refractivity contribution in [2.75, 3.05) is 10.6 Å². The Morgan fingerprint density at radius 1 is 0.929 bits per heavy atom. The summed E-state index contributed by atoms with van der Waals surface area (Å²) in [7, 11) is 0. The fourth-order valence-electron chi connectivity index (χ4n) is 6.07. The van der Waals surface area contributed by atoms with Crippen LogP contribution in [0.1, 0.15) is 44.1 Å². The lowest BCUT2D eigenvalue weighted by molar-refractivity contribution is -0.111. The average Bonchev–Trinajstić information content (AvgIpc) is 2.67. The summed E-state index contributed by atoms with van der Waals surface area (Å²) in [5.41, 5.74) is 3.10. The van der Waals surface area contributed by atoms with Crippen LogP contribution in [0.25, 0.3) is 6.08 Å². The van der Waals surface area contributed by atoms with Crippen LogP contribution < -0.4 is 10.6 Å². The van der Waals surface area contributed by atoms with Crippen molar-refractivity contribution in [3.8, 4) is 0 Å². The number of rotatable bonds is 5. The molecule has 144 valence electrons. The van der Waals surface area contributed by atoms with E-state index < -0.39 is 0 Å². The molecule has 28 heavy (non-hydrogen) atoms. The van der Waals surface area contributed by atoms with Crippen LogP contribution >= 0.6 is 0 Å². The molecule has 4 saturated carbocycles. The van der Waals surface area contributed by atoms with Crippen molar-refractivity contribution in [3.63, 3.8) is 0 Å². The molecule has 4 bridgehead atoms. The molecule has 1 heterocycles. The summed E-state index contributed by atoms with van der Waals surface area (Å²) in [6.07, 6.45) is 15.0. The Morgan fingerprint density at radius 3 is 2.18 bits per heavy atom. The normalized spacial score (nSPS) is 30.5. The van der Waals surface area contributed by atoms with Crippen LogP contribution in [0.3, 0.4) is 0 Å². The summed E-state index contributed by atoms with van der Waals surface area (Å²) in [5.74, 6) is 2.56. The highest BCUT2D eigenvalue weighted by molar-refractivity contribution is 6.03. The topological polar surface area (TPSA) is 54.0 Å². The van der Waals surface area contributed by atoms with Gasteiger partial charge < -0.3 is 10.6 Å². The minimum atomic E-state index is -0.114. The molecule has 2 aromatic rings. The lowest BCUT2D eigenvalue weighted by Crippen LogP contribution is -2.54. The maximum atomic E-state index is 12.5. The minimum Gasteiger partial charge on any atom is -0.378 e. The lowest BCUT2D eigenvalue weighted by atomic mass is 9.53. The molecular weight excluding hydrogens is 346 g/mol. The van der Waals surface area contributed by atoms with Crippen molar-refractivity contribution < 1.29 is 4.79 Å². The van der Waals surface area contributed by atoms with Crippen molar-refractivity contribution in [3.05, 3.63) is 60.4 Å². The number of para-hydroxylation sites is 2. The number of hydrogen-bond acceptors (Lipinski definition) is 3. The van der Waals surface area contributed by atoms with Gasteiger partial charge in [0.05, 0.1) is 11.4 Å². The van der Waals surface area contributed by atoms with Gasteiger partial charge in [0.2, 0.25) is 5.91 Å². The number of amides is 1. The molecule has 6 rings (SSSR count). The van der Waals surface area contributed by atoms with E-state index in [1.165, 1.54) is 38.5 Å². The number of nitrogens with one attached hydrogen (secondary N) is 2. The van der Waals surface area contributed by atoms with E-state index in [4.69, 9.17) is 0 Å². The zero-order valence-electron chi connectivity index (χ0n) is 16.1. The molecule has 4 aliphatic rings. The number of anilines is 2. The summed E-state index contributed by atoms with van der Waals surface area (Å²) in [6, 6.07) is 11.9. The van der Waals surface area contributed by atoms with E-state index in [9.17, 15) is 4.79 Å². The molecule has 2 N–H and O–H groups in total. The Balaban J connectivity index is 1.31. The second-order valence-electron chi connectivity index (χ2n) is 8.97. The second kappa shape index (κ2) is 7.08. The predicted molar refractivity (Wildman–Crippen MR) is 113 cm³/mol. The van der Waals surface area contributed by atoms with Gasteiger partial charge in [-0.15, -0.1) is 0 Å². The van der Waals surface area contributed by atoms with E-state index >= 15 is 0 Å². The fourth-order valence-corrected chi connectivity index (χ4v) is 6.07. The predicted octanol–water partition coefficient (Wildman–Crippen LogP) is 5.11. The summed E-state index contributed by atoms with van der Waals surface area (Å²) in [5, 5.41) is 6.95. The first-order chi connectivity index (χ1) is 13.7. The zero-order valence-corrected chi connectivity index (χ0v) is 16.1. The maximum Gasteiger partial charge on any atom is 0.248 e. The van der Waals surface area contributed by atoms with Crippen LogP contribution in [0.2, 0.25) is 0 Å². The zero-order chi connectivity index (χ0) is 19.0. The molecule has 4 nitrogen and oxygen atoms in total. The second-order valence-corrected chi connectivity index (χ2v) is 8.97. The van der Waals surface area contributed by atoms with Crippen molar-refractivity contribution >= 4 is 23.4 Å². The van der Waals surface area contributed by atoms with Crippen molar-refractivity contribution in [1.29, 1.82) is 0 Å². The molecule has 0 atom stereocenters. The molecule has 1 amide bonds. The van der Waals surface area contributed by atoms with E-state index in [2.05, 4.69) is 21.7 Å². The highest BCUT2D eigenvalue weighted by Crippen LogP contribution is 2.56. The molecule has 0 unspecified atom stereocenters. The Labute approximate surface area is 166 Å². The third-order valence-electron chi connectivity index (χ3n) is 6.76.